The quantitative estimate of drug-likeness (QED) is 0.324. The Labute approximate surface area is 204 Å². The lowest BCUT2D eigenvalue weighted by Crippen LogP contribution is -2.25. The maximum Gasteiger partial charge on any atom is 0.513 e. The average molecular weight is 477 g/mol. The van der Waals surface area contributed by atoms with Gasteiger partial charge in [0.15, 0.2) is 6.61 Å². The van der Waals surface area contributed by atoms with Crippen LogP contribution >= 0.6 is 0 Å². The van der Waals surface area contributed by atoms with Crippen molar-refractivity contribution >= 4 is 23.7 Å². The summed E-state index contributed by atoms with van der Waals surface area (Å²) >= 11 is 0. The molecule has 0 spiro atoms. The van der Waals surface area contributed by atoms with Crippen LogP contribution in [0, 0.1) is 0 Å². The molecular weight excluding hydrogens is 448 g/mol. The summed E-state index contributed by atoms with van der Waals surface area (Å²) in [6.45, 7) is 3.99. The summed E-state index contributed by atoms with van der Waals surface area (Å²) in [6.07, 6.45) is 0.00454. The molecule has 0 saturated heterocycles. The van der Waals surface area contributed by atoms with Crippen molar-refractivity contribution in [2.75, 3.05) is 18.5 Å². The minimum atomic E-state index is -0.802. The van der Waals surface area contributed by atoms with Crippen molar-refractivity contribution in [3.05, 3.63) is 89.5 Å². The number of nitrogens with one attached hydrogen (secondary N) is 2. The van der Waals surface area contributed by atoms with Crippen molar-refractivity contribution in [3.63, 3.8) is 0 Å². The van der Waals surface area contributed by atoms with E-state index in [2.05, 4.69) is 10.6 Å². The third kappa shape index (κ3) is 7.60. The van der Waals surface area contributed by atoms with Crippen molar-refractivity contribution in [2.45, 2.75) is 26.8 Å². The number of carbonyl (C=O) groups excluding carboxylic acids is 3. The van der Waals surface area contributed by atoms with Crippen LogP contribution in [0.3, 0.4) is 0 Å². The van der Waals surface area contributed by atoms with Gasteiger partial charge in [0, 0.05) is 17.8 Å². The summed E-state index contributed by atoms with van der Waals surface area (Å²) in [7, 11) is 0. The normalized spacial score (nSPS) is 10.2. The SMILES string of the molecule is CCOC(=O)Oc1ccc(C(=O)NCc2ccccc2NC(=O)COc2ccccc2CC)cc1. The Kier molecular flexibility index (Phi) is 9.24. The maximum atomic E-state index is 12.6. The van der Waals surface area contributed by atoms with Gasteiger partial charge in [-0.2, -0.15) is 0 Å². The van der Waals surface area contributed by atoms with Crippen molar-refractivity contribution < 1.29 is 28.6 Å². The molecule has 0 aromatic heterocycles. The number of para-hydroxylation sites is 2. The number of amides is 2. The predicted molar refractivity (Wildman–Crippen MR) is 132 cm³/mol. The molecule has 0 aliphatic carbocycles. The first-order valence-electron chi connectivity index (χ1n) is 11.3. The van der Waals surface area contributed by atoms with Crippen molar-refractivity contribution in [2.24, 2.45) is 0 Å². The Hall–Kier alpha value is -4.33. The number of anilines is 1. The molecule has 3 aromatic rings. The molecule has 0 radical (unpaired) electrons. The molecule has 0 saturated carbocycles. The lowest BCUT2D eigenvalue weighted by atomic mass is 10.1. The van der Waals surface area contributed by atoms with Crippen molar-refractivity contribution in [1.82, 2.24) is 5.32 Å². The van der Waals surface area contributed by atoms with Gasteiger partial charge in [0.1, 0.15) is 11.5 Å². The number of aryl methyl sites for hydroxylation is 1. The molecule has 0 bridgehead atoms. The Morgan fingerprint density at radius 3 is 2.23 bits per heavy atom. The number of hydrogen-bond acceptors (Lipinski definition) is 6. The molecule has 2 amide bonds. The molecule has 2 N–H and O–H groups in total. The molecule has 0 heterocycles. The fourth-order valence-corrected chi connectivity index (χ4v) is 3.26. The molecule has 0 aliphatic rings. The third-order valence-corrected chi connectivity index (χ3v) is 5.02. The van der Waals surface area contributed by atoms with E-state index in [1.165, 1.54) is 12.1 Å². The van der Waals surface area contributed by atoms with Crippen LogP contribution in [0.25, 0.3) is 0 Å². The number of carbonyl (C=O) groups is 3. The van der Waals surface area contributed by atoms with E-state index in [1.54, 1.807) is 31.2 Å². The van der Waals surface area contributed by atoms with Gasteiger partial charge in [-0.3, -0.25) is 9.59 Å². The van der Waals surface area contributed by atoms with E-state index >= 15 is 0 Å². The highest BCUT2D eigenvalue weighted by molar-refractivity contribution is 5.95. The fraction of sp³-hybridized carbons (Fsp3) is 0.222. The summed E-state index contributed by atoms with van der Waals surface area (Å²) < 4.78 is 15.4. The number of ether oxygens (including phenoxy) is 3. The number of rotatable bonds is 10. The monoisotopic (exact) mass is 476 g/mol. The molecule has 0 atom stereocenters. The standard InChI is InChI=1S/C27H28N2O6/c1-3-19-9-6-8-12-24(19)34-18-25(30)29-23-11-7-5-10-21(23)17-28-26(31)20-13-15-22(16-14-20)35-27(32)33-4-2/h5-16H,3-4,17-18H2,1-2H3,(H,28,31)(H,29,30). The summed E-state index contributed by atoms with van der Waals surface area (Å²) in [4.78, 5) is 36.4. The van der Waals surface area contributed by atoms with Gasteiger partial charge in [0.2, 0.25) is 0 Å². The van der Waals surface area contributed by atoms with Crippen LogP contribution < -0.4 is 20.1 Å². The van der Waals surface area contributed by atoms with Gasteiger partial charge in [-0.25, -0.2) is 4.79 Å². The Morgan fingerprint density at radius 2 is 1.51 bits per heavy atom. The van der Waals surface area contributed by atoms with Crippen LogP contribution in [0.5, 0.6) is 11.5 Å². The largest absolute Gasteiger partial charge is 0.513 e. The Morgan fingerprint density at radius 1 is 0.829 bits per heavy atom. The van der Waals surface area contributed by atoms with E-state index < -0.39 is 6.16 Å². The van der Waals surface area contributed by atoms with Crippen LogP contribution in [0.1, 0.15) is 35.3 Å². The summed E-state index contributed by atoms with van der Waals surface area (Å²) in [6, 6.07) is 20.9. The molecular formula is C27H28N2O6. The van der Waals surface area contributed by atoms with Gasteiger partial charge in [-0.1, -0.05) is 43.3 Å². The Balaban J connectivity index is 1.54. The van der Waals surface area contributed by atoms with E-state index in [9.17, 15) is 14.4 Å². The van der Waals surface area contributed by atoms with Crippen LogP contribution in [0.15, 0.2) is 72.8 Å². The fourth-order valence-electron chi connectivity index (χ4n) is 3.26. The van der Waals surface area contributed by atoms with E-state index in [-0.39, 0.29) is 37.3 Å². The van der Waals surface area contributed by atoms with Gasteiger partial charge in [0.05, 0.1) is 6.61 Å². The summed E-state index contributed by atoms with van der Waals surface area (Å²) in [5, 5.41) is 5.67. The third-order valence-electron chi connectivity index (χ3n) is 5.02. The molecule has 3 aromatic carbocycles. The van der Waals surface area contributed by atoms with E-state index in [0.717, 1.165) is 17.5 Å². The molecule has 3 rings (SSSR count). The van der Waals surface area contributed by atoms with Crippen LogP contribution in [0.2, 0.25) is 0 Å². The molecule has 0 aliphatic heterocycles. The lowest BCUT2D eigenvalue weighted by molar-refractivity contribution is -0.118. The summed E-state index contributed by atoms with van der Waals surface area (Å²) in [5.41, 5.74) is 2.75. The Bertz CT molecular complexity index is 1160. The first kappa shape index (κ1) is 25.3. The van der Waals surface area contributed by atoms with Crippen LogP contribution in [-0.2, 0) is 22.5 Å². The molecule has 182 valence electrons. The number of benzene rings is 3. The van der Waals surface area contributed by atoms with Gasteiger partial charge >= 0.3 is 6.16 Å². The summed E-state index contributed by atoms with van der Waals surface area (Å²) in [5.74, 6) is 0.349. The zero-order valence-electron chi connectivity index (χ0n) is 19.7. The smallest absolute Gasteiger partial charge is 0.483 e. The second-order valence-electron chi connectivity index (χ2n) is 7.45. The van der Waals surface area contributed by atoms with E-state index in [1.807, 2.05) is 43.3 Å². The van der Waals surface area contributed by atoms with Crippen molar-refractivity contribution in [3.8, 4) is 11.5 Å². The minimum Gasteiger partial charge on any atom is -0.483 e. The first-order valence-corrected chi connectivity index (χ1v) is 11.3. The number of hydrogen-bond donors (Lipinski definition) is 2. The van der Waals surface area contributed by atoms with Crippen LogP contribution in [-0.4, -0.2) is 31.2 Å². The second-order valence-corrected chi connectivity index (χ2v) is 7.45. The van der Waals surface area contributed by atoms with Gasteiger partial charge in [-0.15, -0.1) is 0 Å². The average Bonchev–Trinajstić information content (AvgIpc) is 2.87. The second kappa shape index (κ2) is 12.8. The highest BCUT2D eigenvalue weighted by atomic mass is 16.7. The molecule has 0 unspecified atom stereocenters. The highest BCUT2D eigenvalue weighted by Crippen LogP contribution is 2.19. The predicted octanol–water partition coefficient (Wildman–Crippen LogP) is 4.73. The highest BCUT2D eigenvalue weighted by Gasteiger charge is 2.12. The van der Waals surface area contributed by atoms with E-state index in [4.69, 9.17) is 14.2 Å². The van der Waals surface area contributed by atoms with E-state index in [0.29, 0.717) is 17.0 Å². The molecule has 8 heteroatoms. The zero-order valence-corrected chi connectivity index (χ0v) is 19.7. The topological polar surface area (TPSA) is 103 Å². The molecule has 0 fully saturated rings. The van der Waals surface area contributed by atoms with Crippen molar-refractivity contribution in [1.29, 1.82) is 0 Å². The first-order chi connectivity index (χ1) is 17.0. The molecule has 35 heavy (non-hydrogen) atoms. The van der Waals surface area contributed by atoms with Crippen LogP contribution in [0.4, 0.5) is 10.5 Å². The van der Waals surface area contributed by atoms with Gasteiger partial charge < -0.3 is 24.8 Å². The minimum absolute atomic E-state index is 0.127. The maximum absolute atomic E-state index is 12.6. The van der Waals surface area contributed by atoms with Gasteiger partial charge in [-0.05, 0) is 60.9 Å². The van der Waals surface area contributed by atoms with Gasteiger partial charge in [0.25, 0.3) is 11.8 Å². The molecule has 8 nitrogen and oxygen atoms in total. The zero-order chi connectivity index (χ0) is 25.0. The lowest BCUT2D eigenvalue weighted by Gasteiger charge is -2.13.